The van der Waals surface area contributed by atoms with E-state index in [1.807, 2.05) is 0 Å². The number of alkyl halides is 1. The zero-order valence-electron chi connectivity index (χ0n) is 6.69. The molecule has 0 unspecified atom stereocenters. The highest BCUT2D eigenvalue weighted by Gasteiger charge is 1.90. The van der Waals surface area contributed by atoms with Crippen LogP contribution in [0, 0.1) is 5.92 Å². The highest BCUT2D eigenvalue weighted by Crippen LogP contribution is 1.87. The van der Waals surface area contributed by atoms with Crippen LogP contribution < -0.4 is 5.32 Å². The molecule has 0 aromatic heterocycles. The van der Waals surface area contributed by atoms with E-state index in [9.17, 15) is 0 Å². The average Bonchev–Trinajstić information content (AvgIpc) is 1.80. The fourth-order valence-electron chi connectivity index (χ4n) is 0.583. The first-order valence-electron chi connectivity index (χ1n) is 3.54. The van der Waals surface area contributed by atoms with Gasteiger partial charge in [-0.05, 0) is 25.4 Å². The summed E-state index contributed by atoms with van der Waals surface area (Å²) in [6.45, 7) is 6.57. The Morgan fingerprint density at radius 2 is 2.00 bits per heavy atom. The third kappa shape index (κ3) is 11.4. The highest BCUT2D eigenvalue weighted by molar-refractivity contribution is 6.17. The average molecular weight is 186 g/mol. The quantitative estimate of drug-likeness (QED) is 0.513. The number of halogens is 2. The van der Waals surface area contributed by atoms with Gasteiger partial charge in [0.1, 0.15) is 0 Å². The molecule has 0 saturated heterocycles. The molecule has 0 aliphatic rings. The molecule has 0 amide bonds. The molecule has 0 radical (unpaired) electrons. The number of nitrogens with one attached hydrogen (secondary N) is 1. The molecular weight excluding hydrogens is 169 g/mol. The van der Waals surface area contributed by atoms with Gasteiger partial charge in [0, 0.05) is 5.88 Å². The Morgan fingerprint density at radius 3 is 2.40 bits per heavy atom. The fourth-order valence-corrected chi connectivity index (χ4v) is 0.716. The molecule has 0 fully saturated rings. The summed E-state index contributed by atoms with van der Waals surface area (Å²) in [6, 6.07) is 0. The van der Waals surface area contributed by atoms with E-state index in [2.05, 4.69) is 19.2 Å². The third-order valence-corrected chi connectivity index (χ3v) is 1.31. The minimum Gasteiger partial charge on any atom is -0.316 e. The van der Waals surface area contributed by atoms with Crippen LogP contribution in [-0.4, -0.2) is 19.0 Å². The number of rotatable bonds is 5. The van der Waals surface area contributed by atoms with E-state index in [0.717, 1.165) is 31.3 Å². The van der Waals surface area contributed by atoms with Gasteiger partial charge >= 0.3 is 0 Å². The summed E-state index contributed by atoms with van der Waals surface area (Å²) in [7, 11) is 0. The van der Waals surface area contributed by atoms with Gasteiger partial charge in [-0.25, -0.2) is 0 Å². The largest absolute Gasteiger partial charge is 0.316 e. The van der Waals surface area contributed by atoms with Crippen LogP contribution >= 0.6 is 24.0 Å². The maximum Gasteiger partial charge on any atom is 0.0235 e. The molecule has 1 nitrogen and oxygen atoms in total. The van der Waals surface area contributed by atoms with E-state index in [0.29, 0.717) is 0 Å². The van der Waals surface area contributed by atoms with Gasteiger partial charge in [-0.1, -0.05) is 13.8 Å². The van der Waals surface area contributed by atoms with Crippen molar-refractivity contribution < 1.29 is 0 Å². The Morgan fingerprint density at radius 1 is 1.40 bits per heavy atom. The van der Waals surface area contributed by atoms with Crippen LogP contribution in [0.1, 0.15) is 20.3 Å². The molecule has 3 heteroatoms. The van der Waals surface area contributed by atoms with Crippen molar-refractivity contribution in [3.63, 3.8) is 0 Å². The summed E-state index contributed by atoms with van der Waals surface area (Å²) in [5.41, 5.74) is 0. The first-order valence-corrected chi connectivity index (χ1v) is 4.07. The van der Waals surface area contributed by atoms with Gasteiger partial charge in [0.15, 0.2) is 0 Å². The molecule has 64 valence electrons. The lowest BCUT2D eigenvalue weighted by molar-refractivity contribution is 0.551. The minimum absolute atomic E-state index is 0. The number of hydrogen-bond donors (Lipinski definition) is 1. The Balaban J connectivity index is 0. The SMILES string of the molecule is CC(C)CNCCCCl.Cl. The first kappa shape index (κ1) is 13.2. The predicted molar refractivity (Wildman–Crippen MR) is 50.3 cm³/mol. The maximum absolute atomic E-state index is 5.48. The van der Waals surface area contributed by atoms with Gasteiger partial charge in [0.05, 0.1) is 0 Å². The lowest BCUT2D eigenvalue weighted by Gasteiger charge is -2.04. The molecule has 0 bridgehead atoms. The molecule has 0 aromatic carbocycles. The first-order chi connectivity index (χ1) is 4.27. The molecule has 1 N–H and O–H groups in total. The van der Waals surface area contributed by atoms with Gasteiger partial charge in [0.2, 0.25) is 0 Å². The Bertz CT molecular complexity index is 57.6. The van der Waals surface area contributed by atoms with Gasteiger partial charge < -0.3 is 5.32 Å². The highest BCUT2D eigenvalue weighted by atomic mass is 35.5. The van der Waals surface area contributed by atoms with Gasteiger partial charge in [-0.15, -0.1) is 24.0 Å². The van der Waals surface area contributed by atoms with E-state index >= 15 is 0 Å². The van der Waals surface area contributed by atoms with E-state index < -0.39 is 0 Å². The molecular formula is C7H17Cl2N. The molecule has 0 aromatic rings. The second kappa shape index (κ2) is 9.54. The summed E-state index contributed by atoms with van der Waals surface area (Å²) < 4.78 is 0. The van der Waals surface area contributed by atoms with Crippen molar-refractivity contribution in [2.75, 3.05) is 19.0 Å². The van der Waals surface area contributed by atoms with Gasteiger partial charge in [-0.3, -0.25) is 0 Å². The molecule has 0 spiro atoms. The lowest BCUT2D eigenvalue weighted by atomic mass is 10.2. The van der Waals surface area contributed by atoms with Crippen molar-refractivity contribution in [2.24, 2.45) is 5.92 Å². The fraction of sp³-hybridized carbons (Fsp3) is 1.00. The summed E-state index contributed by atoms with van der Waals surface area (Å²) >= 11 is 5.48. The van der Waals surface area contributed by atoms with Crippen molar-refractivity contribution in [1.82, 2.24) is 5.32 Å². The standard InChI is InChI=1S/C7H16ClN.ClH/c1-7(2)6-9-5-3-4-8;/h7,9H,3-6H2,1-2H3;1H. The normalized spacial score (nSPS) is 9.60. The second-order valence-corrected chi connectivity index (χ2v) is 3.02. The smallest absolute Gasteiger partial charge is 0.0235 e. The Hall–Kier alpha value is 0.540. The Labute approximate surface area is 74.9 Å². The van der Waals surface area contributed by atoms with E-state index in [1.54, 1.807) is 0 Å². The third-order valence-electron chi connectivity index (χ3n) is 1.04. The van der Waals surface area contributed by atoms with Crippen LogP contribution in [0.15, 0.2) is 0 Å². The monoisotopic (exact) mass is 185 g/mol. The van der Waals surface area contributed by atoms with Crippen LogP contribution in [-0.2, 0) is 0 Å². The van der Waals surface area contributed by atoms with Crippen LogP contribution in [0.3, 0.4) is 0 Å². The van der Waals surface area contributed by atoms with Crippen LogP contribution in [0.2, 0.25) is 0 Å². The minimum atomic E-state index is 0. The van der Waals surface area contributed by atoms with E-state index in [-0.39, 0.29) is 12.4 Å². The van der Waals surface area contributed by atoms with Crippen molar-refractivity contribution in [3.05, 3.63) is 0 Å². The molecule has 0 heterocycles. The number of hydrogen-bond acceptors (Lipinski definition) is 1. The van der Waals surface area contributed by atoms with Crippen LogP contribution in [0.5, 0.6) is 0 Å². The van der Waals surface area contributed by atoms with Crippen molar-refractivity contribution in [2.45, 2.75) is 20.3 Å². The van der Waals surface area contributed by atoms with Gasteiger partial charge in [0.25, 0.3) is 0 Å². The van der Waals surface area contributed by atoms with Crippen LogP contribution in [0.25, 0.3) is 0 Å². The van der Waals surface area contributed by atoms with Gasteiger partial charge in [-0.2, -0.15) is 0 Å². The summed E-state index contributed by atoms with van der Waals surface area (Å²) in [4.78, 5) is 0. The Kier molecular flexibility index (Phi) is 12.5. The van der Waals surface area contributed by atoms with E-state index in [4.69, 9.17) is 11.6 Å². The molecule has 10 heavy (non-hydrogen) atoms. The molecule has 0 rings (SSSR count). The molecule has 0 saturated carbocycles. The van der Waals surface area contributed by atoms with Crippen molar-refractivity contribution in [1.29, 1.82) is 0 Å². The topological polar surface area (TPSA) is 12.0 Å². The zero-order chi connectivity index (χ0) is 7.11. The van der Waals surface area contributed by atoms with Crippen molar-refractivity contribution >= 4 is 24.0 Å². The lowest BCUT2D eigenvalue weighted by Crippen LogP contribution is -2.20. The summed E-state index contributed by atoms with van der Waals surface area (Å²) in [6.07, 6.45) is 1.08. The summed E-state index contributed by atoms with van der Waals surface area (Å²) in [5.74, 6) is 1.52. The maximum atomic E-state index is 5.48. The molecule has 0 aliphatic carbocycles. The second-order valence-electron chi connectivity index (χ2n) is 2.64. The van der Waals surface area contributed by atoms with Crippen molar-refractivity contribution in [3.8, 4) is 0 Å². The molecule has 0 atom stereocenters. The molecule has 0 aliphatic heterocycles. The predicted octanol–water partition coefficient (Wildman–Crippen LogP) is 2.28. The van der Waals surface area contributed by atoms with Crippen LogP contribution in [0.4, 0.5) is 0 Å². The summed E-state index contributed by atoms with van der Waals surface area (Å²) in [5, 5.41) is 3.30. The zero-order valence-corrected chi connectivity index (χ0v) is 8.26. The van der Waals surface area contributed by atoms with E-state index in [1.165, 1.54) is 0 Å².